The van der Waals surface area contributed by atoms with E-state index in [0.717, 1.165) is 16.0 Å². The number of likely N-dealkylation sites (tertiary alicyclic amines) is 1. The van der Waals surface area contributed by atoms with Crippen LogP contribution in [0.25, 0.3) is 0 Å². The molecule has 1 aliphatic carbocycles. The topological polar surface area (TPSA) is 92.8 Å². The van der Waals surface area contributed by atoms with Gasteiger partial charge in [0.05, 0.1) is 18.3 Å². The van der Waals surface area contributed by atoms with Crippen LogP contribution in [0.15, 0.2) is 30.4 Å². The van der Waals surface area contributed by atoms with E-state index in [1.807, 2.05) is 44.2 Å². The summed E-state index contributed by atoms with van der Waals surface area (Å²) in [4.78, 5) is 49.7. The summed E-state index contributed by atoms with van der Waals surface area (Å²) in [6, 6.07) is 5.64. The zero-order chi connectivity index (χ0) is 20.3. The summed E-state index contributed by atoms with van der Waals surface area (Å²) in [6.07, 6.45) is 4.83. The van der Waals surface area contributed by atoms with Crippen molar-refractivity contribution in [1.29, 1.82) is 0 Å². The van der Waals surface area contributed by atoms with E-state index in [9.17, 15) is 19.2 Å². The Kier molecular flexibility index (Phi) is 5.92. The molecule has 1 heterocycles. The zero-order valence-electron chi connectivity index (χ0n) is 16.1. The lowest BCUT2D eigenvalue weighted by Crippen LogP contribution is -2.33. The number of carbonyl (C=O) groups is 4. The molecule has 7 heteroatoms. The van der Waals surface area contributed by atoms with Crippen LogP contribution in [0.1, 0.15) is 30.4 Å². The van der Waals surface area contributed by atoms with Crippen LogP contribution in [-0.4, -0.2) is 41.7 Å². The molecular weight excluding hydrogens is 360 g/mol. The molecule has 2 aliphatic rings. The molecule has 0 aromatic heterocycles. The first-order chi connectivity index (χ1) is 13.3. The molecule has 3 rings (SSSR count). The fraction of sp³-hybridized carbons (Fsp3) is 0.429. The number of hydrogen-bond donors (Lipinski definition) is 1. The van der Waals surface area contributed by atoms with E-state index in [0.29, 0.717) is 18.5 Å². The number of nitrogens with zero attached hydrogens (tertiary/aromatic N) is 1. The smallest absolute Gasteiger partial charge is 0.308 e. The van der Waals surface area contributed by atoms with Gasteiger partial charge in [0.25, 0.3) is 5.91 Å². The number of imide groups is 1. The molecule has 1 aromatic carbocycles. The van der Waals surface area contributed by atoms with Crippen molar-refractivity contribution in [1.82, 2.24) is 4.90 Å². The Morgan fingerprint density at radius 2 is 1.61 bits per heavy atom. The van der Waals surface area contributed by atoms with Crippen molar-refractivity contribution in [3.8, 4) is 0 Å². The molecule has 1 aliphatic heterocycles. The van der Waals surface area contributed by atoms with Gasteiger partial charge in [-0.05, 0) is 49.9 Å². The predicted molar refractivity (Wildman–Crippen MR) is 102 cm³/mol. The van der Waals surface area contributed by atoms with Crippen molar-refractivity contribution in [2.75, 3.05) is 18.5 Å². The molecule has 28 heavy (non-hydrogen) atoms. The number of nitrogens with one attached hydrogen (secondary N) is 1. The lowest BCUT2D eigenvalue weighted by atomic mass is 9.85. The number of aryl methyl sites for hydroxylation is 2. The van der Waals surface area contributed by atoms with Crippen LogP contribution in [-0.2, 0) is 23.9 Å². The van der Waals surface area contributed by atoms with E-state index in [2.05, 4.69) is 5.32 Å². The van der Waals surface area contributed by atoms with E-state index < -0.39 is 18.5 Å². The fourth-order valence-electron chi connectivity index (χ4n) is 3.75. The SMILES string of the molecule is Cc1cc(C)cc(NC(=O)COC(=O)CCN2C(=O)[C@@H]3CC=CC[C@H]3C2=O)c1. The van der Waals surface area contributed by atoms with Gasteiger partial charge in [-0.1, -0.05) is 18.2 Å². The zero-order valence-corrected chi connectivity index (χ0v) is 16.1. The highest BCUT2D eigenvalue weighted by molar-refractivity contribution is 6.05. The molecule has 1 saturated heterocycles. The Labute approximate surface area is 163 Å². The molecule has 0 radical (unpaired) electrons. The standard InChI is InChI=1S/C21H24N2O5/c1-13-9-14(2)11-15(10-13)22-18(24)12-28-19(25)7-8-23-20(26)16-5-3-4-6-17(16)21(23)27/h3-4,9-11,16-17H,5-8,12H2,1-2H3,(H,22,24)/t16-,17-/m1/s1. The molecule has 1 N–H and O–H groups in total. The molecule has 1 fully saturated rings. The van der Waals surface area contributed by atoms with Gasteiger partial charge >= 0.3 is 5.97 Å². The summed E-state index contributed by atoms with van der Waals surface area (Å²) in [5.41, 5.74) is 2.68. The van der Waals surface area contributed by atoms with Gasteiger partial charge in [0.15, 0.2) is 6.61 Å². The summed E-state index contributed by atoms with van der Waals surface area (Å²) >= 11 is 0. The van der Waals surface area contributed by atoms with Crippen LogP contribution in [0.5, 0.6) is 0 Å². The Morgan fingerprint density at radius 1 is 1.04 bits per heavy atom. The molecule has 0 bridgehead atoms. The van der Waals surface area contributed by atoms with Gasteiger partial charge in [-0.15, -0.1) is 0 Å². The fourth-order valence-corrected chi connectivity index (χ4v) is 3.75. The van der Waals surface area contributed by atoms with Gasteiger partial charge in [0.1, 0.15) is 0 Å². The summed E-state index contributed by atoms with van der Waals surface area (Å²) in [5, 5.41) is 2.68. The van der Waals surface area contributed by atoms with Crippen LogP contribution >= 0.6 is 0 Å². The molecule has 148 valence electrons. The first-order valence-electron chi connectivity index (χ1n) is 9.39. The molecule has 2 atom stereocenters. The monoisotopic (exact) mass is 384 g/mol. The third kappa shape index (κ3) is 4.47. The van der Waals surface area contributed by atoms with E-state index in [-0.39, 0.29) is 36.6 Å². The van der Waals surface area contributed by atoms with Gasteiger partial charge < -0.3 is 10.1 Å². The summed E-state index contributed by atoms with van der Waals surface area (Å²) in [6.45, 7) is 3.43. The molecule has 7 nitrogen and oxygen atoms in total. The predicted octanol–water partition coefficient (Wildman–Crippen LogP) is 2.13. The second-order valence-electron chi connectivity index (χ2n) is 7.32. The number of anilines is 1. The minimum atomic E-state index is -0.621. The van der Waals surface area contributed by atoms with Gasteiger partial charge in [0.2, 0.25) is 11.8 Å². The summed E-state index contributed by atoms with van der Waals surface area (Å²) < 4.78 is 4.97. The quantitative estimate of drug-likeness (QED) is 0.461. The minimum Gasteiger partial charge on any atom is -0.456 e. The Bertz CT molecular complexity index is 799. The number of amides is 3. The van der Waals surface area contributed by atoms with Gasteiger partial charge in [-0.3, -0.25) is 24.1 Å². The summed E-state index contributed by atoms with van der Waals surface area (Å²) in [5.74, 6) is -2.12. The molecule has 0 saturated carbocycles. The van der Waals surface area contributed by atoms with Crippen molar-refractivity contribution in [2.24, 2.45) is 11.8 Å². The maximum Gasteiger partial charge on any atom is 0.308 e. The minimum absolute atomic E-state index is 0.0117. The van der Waals surface area contributed by atoms with E-state index in [1.165, 1.54) is 0 Å². The van der Waals surface area contributed by atoms with Crippen molar-refractivity contribution >= 4 is 29.4 Å². The number of hydrogen-bond acceptors (Lipinski definition) is 5. The number of fused-ring (bicyclic) bond motifs is 1. The lowest BCUT2D eigenvalue weighted by Gasteiger charge is -2.14. The largest absolute Gasteiger partial charge is 0.456 e. The van der Waals surface area contributed by atoms with E-state index in [4.69, 9.17) is 4.74 Å². The lowest BCUT2D eigenvalue weighted by molar-refractivity contribution is -0.148. The first kappa shape index (κ1) is 19.8. The molecule has 1 aromatic rings. The third-order valence-corrected chi connectivity index (χ3v) is 5.01. The number of esters is 1. The molecule has 0 spiro atoms. The van der Waals surface area contributed by atoms with E-state index >= 15 is 0 Å². The van der Waals surface area contributed by atoms with Crippen molar-refractivity contribution in [3.05, 3.63) is 41.5 Å². The van der Waals surface area contributed by atoms with Crippen LogP contribution in [0, 0.1) is 25.7 Å². The molecular formula is C21H24N2O5. The third-order valence-electron chi connectivity index (χ3n) is 5.01. The Hall–Kier alpha value is -2.96. The Morgan fingerprint density at radius 3 is 2.18 bits per heavy atom. The highest BCUT2D eigenvalue weighted by atomic mass is 16.5. The average Bonchev–Trinajstić information content (AvgIpc) is 2.88. The maximum absolute atomic E-state index is 12.3. The first-order valence-corrected chi connectivity index (χ1v) is 9.39. The van der Waals surface area contributed by atoms with Gasteiger partial charge in [-0.25, -0.2) is 0 Å². The highest BCUT2D eigenvalue weighted by Gasteiger charge is 2.46. The summed E-state index contributed by atoms with van der Waals surface area (Å²) in [7, 11) is 0. The van der Waals surface area contributed by atoms with Crippen molar-refractivity contribution in [3.63, 3.8) is 0 Å². The second kappa shape index (κ2) is 8.37. The van der Waals surface area contributed by atoms with Crippen molar-refractivity contribution < 1.29 is 23.9 Å². The van der Waals surface area contributed by atoms with Gasteiger partial charge in [-0.2, -0.15) is 0 Å². The van der Waals surface area contributed by atoms with E-state index in [1.54, 1.807) is 0 Å². The number of ether oxygens (including phenoxy) is 1. The van der Waals surface area contributed by atoms with Gasteiger partial charge in [0, 0.05) is 12.2 Å². The highest BCUT2D eigenvalue weighted by Crippen LogP contribution is 2.34. The molecule has 3 amide bonds. The Balaban J connectivity index is 1.44. The molecule has 0 unspecified atom stereocenters. The maximum atomic E-state index is 12.3. The number of allylic oxidation sites excluding steroid dienone is 2. The average molecular weight is 384 g/mol. The van der Waals surface area contributed by atoms with Crippen molar-refractivity contribution in [2.45, 2.75) is 33.1 Å². The van der Waals surface area contributed by atoms with Crippen LogP contribution in [0.2, 0.25) is 0 Å². The van der Waals surface area contributed by atoms with Crippen LogP contribution < -0.4 is 5.32 Å². The second-order valence-corrected chi connectivity index (χ2v) is 7.32. The van der Waals surface area contributed by atoms with Crippen LogP contribution in [0.3, 0.4) is 0 Å². The number of benzene rings is 1. The number of carbonyl (C=O) groups excluding carboxylic acids is 4. The normalized spacial score (nSPS) is 20.9. The van der Waals surface area contributed by atoms with Crippen LogP contribution in [0.4, 0.5) is 5.69 Å². The number of rotatable bonds is 6.